The first-order valence-electron chi connectivity index (χ1n) is 9.30. The Morgan fingerprint density at radius 3 is 2.68 bits per heavy atom. The van der Waals surface area contributed by atoms with Crippen LogP contribution >= 0.6 is 0 Å². The predicted molar refractivity (Wildman–Crippen MR) is 108 cm³/mol. The van der Waals surface area contributed by atoms with Gasteiger partial charge in [-0.3, -0.25) is 9.59 Å². The summed E-state index contributed by atoms with van der Waals surface area (Å²) in [7, 11) is 0. The molecule has 1 aromatic heterocycles. The molecule has 0 aliphatic rings. The number of carbonyl (C=O) groups excluding carboxylic acids is 2. The number of hydrogen-bond donors (Lipinski definition) is 1. The van der Waals surface area contributed by atoms with Gasteiger partial charge in [-0.05, 0) is 57.0 Å². The van der Waals surface area contributed by atoms with Crippen molar-refractivity contribution in [2.24, 2.45) is 0 Å². The summed E-state index contributed by atoms with van der Waals surface area (Å²) in [5.74, 6) is 1.14. The topological polar surface area (TPSA) is 73.2 Å². The van der Waals surface area contributed by atoms with Gasteiger partial charge in [-0.25, -0.2) is 4.98 Å². The van der Waals surface area contributed by atoms with Crippen molar-refractivity contribution in [1.82, 2.24) is 14.9 Å². The zero-order chi connectivity index (χ0) is 20.3. The van der Waals surface area contributed by atoms with Crippen molar-refractivity contribution in [1.29, 1.82) is 0 Å². The number of hydrogen-bond acceptors (Lipinski definition) is 4. The van der Waals surface area contributed by atoms with Gasteiger partial charge in [0.25, 0.3) is 5.91 Å². The third-order valence-electron chi connectivity index (χ3n) is 4.79. The highest BCUT2D eigenvalue weighted by atomic mass is 16.5. The molecular formula is C22H25N3O3. The second kappa shape index (κ2) is 8.25. The van der Waals surface area contributed by atoms with E-state index in [4.69, 9.17) is 4.74 Å². The van der Waals surface area contributed by atoms with Gasteiger partial charge >= 0.3 is 0 Å². The first-order chi connectivity index (χ1) is 13.4. The lowest BCUT2D eigenvalue weighted by atomic mass is 10.1. The third kappa shape index (κ3) is 4.22. The summed E-state index contributed by atoms with van der Waals surface area (Å²) in [5, 5.41) is 2.84. The fourth-order valence-electron chi connectivity index (χ4n) is 3.07. The van der Waals surface area contributed by atoms with Gasteiger partial charge in [0.2, 0.25) is 0 Å². The SMILES string of the molecule is CC(=O)C(C)n1c(CNC(=O)COc2cc(C)ccc2C)nc2ccccc21. The van der Waals surface area contributed by atoms with Crippen LogP contribution in [0.4, 0.5) is 0 Å². The molecule has 1 amide bonds. The second-order valence-electron chi connectivity index (χ2n) is 7.01. The van der Waals surface area contributed by atoms with E-state index in [1.54, 1.807) is 6.92 Å². The highest BCUT2D eigenvalue weighted by molar-refractivity contribution is 5.84. The van der Waals surface area contributed by atoms with Crippen LogP contribution in [-0.2, 0) is 16.1 Å². The molecule has 1 heterocycles. The molecule has 0 aliphatic heterocycles. The molecule has 1 N–H and O–H groups in total. The molecule has 2 aromatic carbocycles. The lowest BCUT2D eigenvalue weighted by molar-refractivity contribution is -0.123. The molecule has 1 unspecified atom stereocenters. The molecule has 6 nitrogen and oxygen atoms in total. The van der Waals surface area contributed by atoms with Crippen LogP contribution < -0.4 is 10.1 Å². The first-order valence-corrected chi connectivity index (χ1v) is 9.30. The Balaban J connectivity index is 1.71. The minimum Gasteiger partial charge on any atom is -0.483 e. The molecule has 146 valence electrons. The lowest BCUT2D eigenvalue weighted by Gasteiger charge is -2.15. The van der Waals surface area contributed by atoms with E-state index in [9.17, 15) is 9.59 Å². The van der Waals surface area contributed by atoms with E-state index in [0.717, 1.165) is 22.2 Å². The van der Waals surface area contributed by atoms with Gasteiger partial charge < -0.3 is 14.6 Å². The number of ketones is 1. The summed E-state index contributed by atoms with van der Waals surface area (Å²) in [6, 6.07) is 13.2. The molecule has 0 fully saturated rings. The van der Waals surface area contributed by atoms with Crippen LogP contribution in [0.2, 0.25) is 0 Å². The zero-order valence-electron chi connectivity index (χ0n) is 16.7. The van der Waals surface area contributed by atoms with E-state index in [0.29, 0.717) is 11.6 Å². The lowest BCUT2D eigenvalue weighted by Crippen LogP contribution is -2.30. The van der Waals surface area contributed by atoms with Crippen molar-refractivity contribution in [2.75, 3.05) is 6.61 Å². The number of fused-ring (bicyclic) bond motifs is 1. The maximum absolute atomic E-state index is 12.3. The first kappa shape index (κ1) is 19.6. The molecule has 0 aliphatic carbocycles. The minimum atomic E-state index is -0.356. The number of aromatic nitrogens is 2. The number of Topliss-reactive ketones (excluding diaryl/α,β-unsaturated/α-hetero) is 1. The fraction of sp³-hybridized carbons (Fsp3) is 0.318. The third-order valence-corrected chi connectivity index (χ3v) is 4.79. The van der Waals surface area contributed by atoms with Crippen molar-refractivity contribution in [3.63, 3.8) is 0 Å². The predicted octanol–water partition coefficient (Wildman–Crippen LogP) is 3.50. The summed E-state index contributed by atoms with van der Waals surface area (Å²) in [5.41, 5.74) is 3.73. The van der Waals surface area contributed by atoms with Gasteiger partial charge in [-0.15, -0.1) is 0 Å². The molecule has 6 heteroatoms. The molecular weight excluding hydrogens is 354 g/mol. The number of amides is 1. The summed E-state index contributed by atoms with van der Waals surface area (Å²) >= 11 is 0. The smallest absolute Gasteiger partial charge is 0.258 e. The summed E-state index contributed by atoms with van der Waals surface area (Å²) < 4.78 is 7.53. The van der Waals surface area contributed by atoms with Gasteiger partial charge in [0.1, 0.15) is 11.6 Å². The van der Waals surface area contributed by atoms with E-state index in [1.165, 1.54) is 0 Å². The second-order valence-corrected chi connectivity index (χ2v) is 7.01. The Morgan fingerprint density at radius 2 is 1.93 bits per heavy atom. The van der Waals surface area contributed by atoms with Crippen molar-refractivity contribution in [3.05, 3.63) is 59.4 Å². The number of aryl methyl sites for hydroxylation is 2. The quantitative estimate of drug-likeness (QED) is 0.682. The summed E-state index contributed by atoms with van der Waals surface area (Å²) in [4.78, 5) is 28.8. The highest BCUT2D eigenvalue weighted by Gasteiger charge is 2.19. The number of nitrogens with zero attached hydrogens (tertiary/aromatic N) is 2. The normalized spacial score (nSPS) is 12.0. The van der Waals surface area contributed by atoms with Crippen LogP contribution in [0.15, 0.2) is 42.5 Å². The zero-order valence-corrected chi connectivity index (χ0v) is 16.7. The average molecular weight is 379 g/mol. The number of imidazole rings is 1. The van der Waals surface area contributed by atoms with Crippen molar-refractivity contribution < 1.29 is 14.3 Å². The van der Waals surface area contributed by atoms with Gasteiger partial charge in [0, 0.05) is 0 Å². The van der Waals surface area contributed by atoms with Crippen LogP contribution in [0.25, 0.3) is 11.0 Å². The standard InChI is InChI=1S/C22H25N3O3/c1-14-9-10-15(2)20(11-14)28-13-22(27)23-12-21-24-18-7-5-6-8-19(18)25(21)16(3)17(4)26/h5-11,16H,12-13H2,1-4H3,(H,23,27). The monoisotopic (exact) mass is 379 g/mol. The van der Waals surface area contributed by atoms with Crippen molar-refractivity contribution in [3.8, 4) is 5.75 Å². The van der Waals surface area contributed by atoms with Gasteiger partial charge in [-0.1, -0.05) is 24.3 Å². The number of para-hydroxylation sites is 2. The Bertz CT molecular complexity index is 1020. The van der Waals surface area contributed by atoms with Crippen molar-refractivity contribution >= 4 is 22.7 Å². The van der Waals surface area contributed by atoms with E-state index >= 15 is 0 Å². The highest BCUT2D eigenvalue weighted by Crippen LogP contribution is 2.22. The molecule has 0 saturated carbocycles. The number of benzene rings is 2. The molecule has 28 heavy (non-hydrogen) atoms. The maximum Gasteiger partial charge on any atom is 0.258 e. The van der Waals surface area contributed by atoms with E-state index in [2.05, 4.69) is 10.3 Å². The van der Waals surface area contributed by atoms with Gasteiger partial charge in [0.05, 0.1) is 23.6 Å². The van der Waals surface area contributed by atoms with E-state index in [1.807, 2.05) is 67.8 Å². The molecule has 0 spiro atoms. The molecule has 3 rings (SSSR count). The number of ether oxygens (including phenoxy) is 1. The van der Waals surface area contributed by atoms with Crippen LogP contribution in [0.1, 0.15) is 36.8 Å². The largest absolute Gasteiger partial charge is 0.483 e. The van der Waals surface area contributed by atoms with Gasteiger partial charge in [-0.2, -0.15) is 0 Å². The Labute approximate surface area is 164 Å². The molecule has 0 bridgehead atoms. The number of carbonyl (C=O) groups is 2. The Kier molecular flexibility index (Phi) is 5.78. The average Bonchev–Trinajstić information content (AvgIpc) is 3.04. The molecule has 3 aromatic rings. The van der Waals surface area contributed by atoms with Crippen LogP contribution in [-0.4, -0.2) is 27.8 Å². The van der Waals surface area contributed by atoms with Crippen molar-refractivity contribution in [2.45, 2.75) is 40.3 Å². The number of rotatable bonds is 7. The summed E-state index contributed by atoms with van der Waals surface area (Å²) in [6.45, 7) is 7.46. The minimum absolute atomic E-state index is 0.0361. The maximum atomic E-state index is 12.3. The Morgan fingerprint density at radius 1 is 1.18 bits per heavy atom. The van der Waals surface area contributed by atoms with E-state index < -0.39 is 0 Å². The van der Waals surface area contributed by atoms with Gasteiger partial charge in [0.15, 0.2) is 12.4 Å². The van der Waals surface area contributed by atoms with Crippen LogP contribution in [0.3, 0.4) is 0 Å². The molecule has 1 atom stereocenters. The Hall–Kier alpha value is -3.15. The summed E-state index contributed by atoms with van der Waals surface area (Å²) in [6.07, 6.45) is 0. The van der Waals surface area contributed by atoms with Crippen LogP contribution in [0.5, 0.6) is 5.75 Å². The van der Waals surface area contributed by atoms with Crippen LogP contribution in [0, 0.1) is 13.8 Å². The molecule has 0 saturated heterocycles. The number of nitrogens with one attached hydrogen (secondary N) is 1. The fourth-order valence-corrected chi connectivity index (χ4v) is 3.07. The van der Waals surface area contributed by atoms with E-state index in [-0.39, 0.29) is 30.9 Å². The molecule has 0 radical (unpaired) electrons.